The van der Waals surface area contributed by atoms with Crippen molar-refractivity contribution in [2.45, 2.75) is 50.7 Å². The Morgan fingerprint density at radius 1 is 1.14 bits per heavy atom. The summed E-state index contributed by atoms with van der Waals surface area (Å²) >= 11 is 0. The lowest BCUT2D eigenvalue weighted by Gasteiger charge is -2.30. The standard InChI is InChI=1S/C17H24N2O3/c20-14-4-3-11-19(12-14)17(21)18-13-7-9-16(10-8-13)22-15-5-1-2-6-15/h7-10,14-15,20H,1-6,11-12H2,(H,18,21). The van der Waals surface area contributed by atoms with Gasteiger partial charge in [-0.25, -0.2) is 4.79 Å². The molecule has 2 amide bonds. The number of anilines is 1. The highest BCUT2D eigenvalue weighted by molar-refractivity contribution is 5.89. The van der Waals surface area contributed by atoms with Crippen molar-refractivity contribution in [3.63, 3.8) is 0 Å². The average Bonchev–Trinajstić information content (AvgIpc) is 3.02. The Morgan fingerprint density at radius 3 is 2.55 bits per heavy atom. The minimum Gasteiger partial charge on any atom is -0.490 e. The third kappa shape index (κ3) is 3.91. The number of aliphatic hydroxyl groups excluding tert-OH is 1. The number of β-amino-alcohol motifs (C(OH)–C–C–N with tert-alkyl or cyclic N) is 1. The first-order valence-corrected chi connectivity index (χ1v) is 8.21. The maximum Gasteiger partial charge on any atom is 0.321 e. The van der Waals surface area contributed by atoms with Gasteiger partial charge in [0.1, 0.15) is 5.75 Å². The number of urea groups is 1. The zero-order chi connectivity index (χ0) is 15.4. The fourth-order valence-corrected chi connectivity index (χ4v) is 3.16. The minimum absolute atomic E-state index is 0.150. The van der Waals surface area contributed by atoms with E-state index in [0.29, 0.717) is 19.2 Å². The van der Waals surface area contributed by atoms with Crippen molar-refractivity contribution in [2.75, 3.05) is 18.4 Å². The second-order valence-corrected chi connectivity index (χ2v) is 6.22. The normalized spacial score (nSPS) is 22.6. The average molecular weight is 304 g/mol. The SMILES string of the molecule is O=C(Nc1ccc(OC2CCCC2)cc1)N1CCCC(O)C1. The first-order chi connectivity index (χ1) is 10.7. The molecular formula is C17H24N2O3. The second-order valence-electron chi connectivity index (χ2n) is 6.22. The molecule has 1 atom stereocenters. The summed E-state index contributed by atoms with van der Waals surface area (Å²) in [7, 11) is 0. The Bertz CT molecular complexity index is 497. The number of piperidine rings is 1. The van der Waals surface area contributed by atoms with E-state index in [2.05, 4.69) is 5.32 Å². The fourth-order valence-electron chi connectivity index (χ4n) is 3.16. The molecule has 120 valence electrons. The second kappa shape index (κ2) is 7.01. The molecule has 1 saturated carbocycles. The molecule has 2 N–H and O–H groups in total. The van der Waals surface area contributed by atoms with Crippen LogP contribution in [0.3, 0.4) is 0 Å². The third-order valence-electron chi connectivity index (χ3n) is 4.39. The van der Waals surface area contributed by atoms with Crippen LogP contribution in [0.4, 0.5) is 10.5 Å². The van der Waals surface area contributed by atoms with E-state index in [1.54, 1.807) is 4.90 Å². The summed E-state index contributed by atoms with van der Waals surface area (Å²) in [4.78, 5) is 13.8. The summed E-state index contributed by atoms with van der Waals surface area (Å²) in [6.45, 7) is 1.11. The van der Waals surface area contributed by atoms with Crippen molar-refractivity contribution in [2.24, 2.45) is 0 Å². The first kappa shape index (κ1) is 15.2. The van der Waals surface area contributed by atoms with Crippen LogP contribution in [-0.4, -0.2) is 41.3 Å². The molecule has 3 rings (SSSR count). The molecule has 1 unspecified atom stereocenters. The molecule has 1 aromatic rings. The van der Waals surface area contributed by atoms with Gasteiger partial charge in [-0.1, -0.05) is 0 Å². The molecule has 0 radical (unpaired) electrons. The molecule has 0 aromatic heterocycles. The van der Waals surface area contributed by atoms with E-state index in [1.165, 1.54) is 12.8 Å². The number of nitrogens with zero attached hydrogens (tertiary/aromatic N) is 1. The van der Waals surface area contributed by atoms with Gasteiger partial charge in [0.2, 0.25) is 0 Å². The smallest absolute Gasteiger partial charge is 0.321 e. The number of carbonyl (C=O) groups excluding carboxylic acids is 1. The summed E-state index contributed by atoms with van der Waals surface area (Å²) in [5.41, 5.74) is 0.754. The quantitative estimate of drug-likeness (QED) is 0.902. The van der Waals surface area contributed by atoms with Crippen LogP contribution in [0.1, 0.15) is 38.5 Å². The number of hydrogen-bond acceptors (Lipinski definition) is 3. The number of ether oxygens (including phenoxy) is 1. The number of rotatable bonds is 3. The van der Waals surface area contributed by atoms with E-state index in [4.69, 9.17) is 4.74 Å². The van der Waals surface area contributed by atoms with E-state index >= 15 is 0 Å². The van der Waals surface area contributed by atoms with Crippen molar-refractivity contribution in [3.05, 3.63) is 24.3 Å². The summed E-state index contributed by atoms with van der Waals surface area (Å²) < 4.78 is 5.91. The molecule has 2 aliphatic rings. The Balaban J connectivity index is 1.52. The zero-order valence-corrected chi connectivity index (χ0v) is 12.8. The number of aliphatic hydroxyl groups is 1. The van der Waals surface area contributed by atoms with Gasteiger partial charge in [0, 0.05) is 18.8 Å². The number of likely N-dealkylation sites (tertiary alicyclic amines) is 1. The van der Waals surface area contributed by atoms with Gasteiger partial charge in [0.05, 0.1) is 12.2 Å². The van der Waals surface area contributed by atoms with Gasteiger partial charge in [-0.05, 0) is 62.8 Å². The molecule has 1 heterocycles. The van der Waals surface area contributed by atoms with Crippen molar-refractivity contribution < 1.29 is 14.6 Å². The largest absolute Gasteiger partial charge is 0.490 e. The number of hydrogen-bond donors (Lipinski definition) is 2. The maximum absolute atomic E-state index is 12.1. The maximum atomic E-state index is 12.1. The van der Waals surface area contributed by atoms with Crippen LogP contribution < -0.4 is 10.1 Å². The minimum atomic E-state index is -0.401. The van der Waals surface area contributed by atoms with Crippen LogP contribution in [0, 0.1) is 0 Å². The van der Waals surface area contributed by atoms with Gasteiger partial charge in [-0.15, -0.1) is 0 Å². The van der Waals surface area contributed by atoms with Gasteiger partial charge in [0.15, 0.2) is 0 Å². The van der Waals surface area contributed by atoms with E-state index in [0.717, 1.165) is 37.1 Å². The zero-order valence-electron chi connectivity index (χ0n) is 12.8. The third-order valence-corrected chi connectivity index (χ3v) is 4.39. The molecule has 1 aromatic carbocycles. The van der Waals surface area contributed by atoms with Crippen molar-refractivity contribution in [1.82, 2.24) is 4.90 Å². The van der Waals surface area contributed by atoms with Gasteiger partial charge in [-0.2, -0.15) is 0 Å². The molecule has 5 heteroatoms. The Hall–Kier alpha value is -1.75. The highest BCUT2D eigenvalue weighted by Gasteiger charge is 2.22. The first-order valence-electron chi connectivity index (χ1n) is 8.21. The van der Waals surface area contributed by atoms with Crippen LogP contribution >= 0.6 is 0 Å². The predicted molar refractivity (Wildman–Crippen MR) is 85.2 cm³/mol. The van der Waals surface area contributed by atoms with Gasteiger partial charge < -0.3 is 20.1 Å². The Labute approximate surface area is 131 Å². The molecule has 5 nitrogen and oxygen atoms in total. The summed E-state index contributed by atoms with van der Waals surface area (Å²) in [6.07, 6.45) is 6.34. The Kier molecular flexibility index (Phi) is 4.83. The lowest BCUT2D eigenvalue weighted by Crippen LogP contribution is -2.44. The number of nitrogens with one attached hydrogen (secondary N) is 1. The van der Waals surface area contributed by atoms with E-state index in [1.807, 2.05) is 24.3 Å². The van der Waals surface area contributed by atoms with Gasteiger partial charge >= 0.3 is 6.03 Å². The molecular weight excluding hydrogens is 280 g/mol. The van der Waals surface area contributed by atoms with Gasteiger partial charge in [0.25, 0.3) is 0 Å². The summed E-state index contributed by atoms with van der Waals surface area (Å²) in [5.74, 6) is 0.860. The number of amides is 2. The van der Waals surface area contributed by atoms with Crippen LogP contribution in [0.5, 0.6) is 5.75 Å². The van der Waals surface area contributed by atoms with Crippen molar-refractivity contribution in [3.8, 4) is 5.75 Å². The van der Waals surface area contributed by atoms with E-state index < -0.39 is 6.10 Å². The molecule has 2 fully saturated rings. The Morgan fingerprint density at radius 2 is 1.86 bits per heavy atom. The molecule has 0 spiro atoms. The molecule has 1 aliphatic heterocycles. The van der Waals surface area contributed by atoms with Crippen LogP contribution in [-0.2, 0) is 0 Å². The summed E-state index contributed by atoms with van der Waals surface area (Å²) in [6, 6.07) is 7.38. The molecule has 1 aliphatic carbocycles. The van der Waals surface area contributed by atoms with Crippen LogP contribution in [0.25, 0.3) is 0 Å². The monoisotopic (exact) mass is 304 g/mol. The highest BCUT2D eigenvalue weighted by atomic mass is 16.5. The van der Waals surface area contributed by atoms with Crippen molar-refractivity contribution in [1.29, 1.82) is 0 Å². The number of benzene rings is 1. The fraction of sp³-hybridized carbons (Fsp3) is 0.588. The number of carbonyl (C=O) groups is 1. The van der Waals surface area contributed by atoms with Crippen LogP contribution in [0.2, 0.25) is 0 Å². The molecule has 1 saturated heterocycles. The lowest BCUT2D eigenvalue weighted by atomic mass is 10.1. The summed E-state index contributed by atoms with van der Waals surface area (Å²) in [5, 5.41) is 12.5. The van der Waals surface area contributed by atoms with E-state index in [9.17, 15) is 9.90 Å². The highest BCUT2D eigenvalue weighted by Crippen LogP contribution is 2.25. The van der Waals surface area contributed by atoms with Crippen molar-refractivity contribution >= 4 is 11.7 Å². The van der Waals surface area contributed by atoms with Crippen LogP contribution in [0.15, 0.2) is 24.3 Å². The topological polar surface area (TPSA) is 61.8 Å². The lowest BCUT2D eigenvalue weighted by molar-refractivity contribution is 0.0883. The molecule has 22 heavy (non-hydrogen) atoms. The van der Waals surface area contributed by atoms with E-state index in [-0.39, 0.29) is 6.03 Å². The molecule has 0 bridgehead atoms. The predicted octanol–water partition coefficient (Wildman–Crippen LogP) is 3.00. The van der Waals surface area contributed by atoms with Gasteiger partial charge in [-0.3, -0.25) is 0 Å².